The SMILES string of the molecule is CCOc1cc2occ(-c3ccccc3)c2cc1/C(C)=C/C(=O)Nc1cc(C)nc2ccccc12. The molecule has 0 bridgehead atoms. The lowest BCUT2D eigenvalue weighted by atomic mass is 9.99. The minimum Gasteiger partial charge on any atom is -0.493 e. The summed E-state index contributed by atoms with van der Waals surface area (Å²) in [6.45, 7) is 6.28. The Balaban J connectivity index is 1.53. The quantitative estimate of drug-likeness (QED) is 0.267. The van der Waals surface area contributed by atoms with Gasteiger partial charge in [-0.15, -0.1) is 0 Å². The third-order valence-corrected chi connectivity index (χ3v) is 5.93. The topological polar surface area (TPSA) is 64.4 Å². The number of benzene rings is 3. The Kier molecular flexibility index (Phi) is 6.06. The maximum atomic E-state index is 13.1. The van der Waals surface area contributed by atoms with Crippen molar-refractivity contribution in [1.29, 1.82) is 0 Å². The molecule has 2 heterocycles. The summed E-state index contributed by atoms with van der Waals surface area (Å²) >= 11 is 0. The fraction of sp³-hybridized carbons (Fsp3) is 0.133. The smallest absolute Gasteiger partial charge is 0.248 e. The Morgan fingerprint density at radius 1 is 1.03 bits per heavy atom. The highest BCUT2D eigenvalue weighted by molar-refractivity contribution is 6.09. The Labute approximate surface area is 204 Å². The van der Waals surface area contributed by atoms with Crippen molar-refractivity contribution in [2.75, 3.05) is 11.9 Å². The van der Waals surface area contributed by atoms with E-state index in [0.29, 0.717) is 12.4 Å². The number of hydrogen-bond acceptors (Lipinski definition) is 4. The fourth-order valence-corrected chi connectivity index (χ4v) is 4.33. The van der Waals surface area contributed by atoms with E-state index in [9.17, 15) is 4.79 Å². The van der Waals surface area contributed by atoms with Crippen molar-refractivity contribution in [2.45, 2.75) is 20.8 Å². The highest BCUT2D eigenvalue weighted by atomic mass is 16.5. The number of anilines is 1. The van der Waals surface area contributed by atoms with Gasteiger partial charge < -0.3 is 14.5 Å². The fourth-order valence-electron chi connectivity index (χ4n) is 4.33. The van der Waals surface area contributed by atoms with Gasteiger partial charge in [0.05, 0.1) is 24.1 Å². The molecule has 174 valence electrons. The number of aromatic nitrogens is 1. The molecule has 0 saturated heterocycles. The number of carbonyl (C=O) groups is 1. The molecule has 0 aliphatic carbocycles. The van der Waals surface area contributed by atoms with Crippen molar-refractivity contribution in [3.63, 3.8) is 0 Å². The predicted molar refractivity (Wildman–Crippen MR) is 142 cm³/mol. The maximum absolute atomic E-state index is 13.1. The van der Waals surface area contributed by atoms with Crippen LogP contribution in [0.2, 0.25) is 0 Å². The second-order valence-electron chi connectivity index (χ2n) is 8.44. The lowest BCUT2D eigenvalue weighted by Gasteiger charge is -2.12. The number of amides is 1. The molecule has 0 saturated carbocycles. The summed E-state index contributed by atoms with van der Waals surface area (Å²) in [6.07, 6.45) is 3.37. The van der Waals surface area contributed by atoms with Gasteiger partial charge in [0.1, 0.15) is 11.3 Å². The Bertz CT molecular complexity index is 1570. The molecule has 5 nitrogen and oxygen atoms in total. The average molecular weight is 463 g/mol. The Morgan fingerprint density at radius 2 is 1.80 bits per heavy atom. The van der Waals surface area contributed by atoms with Gasteiger partial charge >= 0.3 is 0 Å². The van der Waals surface area contributed by atoms with Crippen molar-refractivity contribution in [2.24, 2.45) is 0 Å². The first-order chi connectivity index (χ1) is 17.0. The number of allylic oxidation sites excluding steroid dienone is 1. The van der Waals surface area contributed by atoms with Crippen molar-refractivity contribution >= 4 is 39.0 Å². The molecule has 35 heavy (non-hydrogen) atoms. The van der Waals surface area contributed by atoms with Crippen LogP contribution in [-0.2, 0) is 4.79 Å². The molecule has 0 aliphatic rings. The van der Waals surface area contributed by atoms with Gasteiger partial charge in [-0.1, -0.05) is 48.5 Å². The van der Waals surface area contributed by atoms with Crippen LogP contribution in [0.15, 0.2) is 89.6 Å². The highest BCUT2D eigenvalue weighted by Gasteiger charge is 2.15. The van der Waals surface area contributed by atoms with Crippen molar-refractivity contribution in [1.82, 2.24) is 4.98 Å². The average Bonchev–Trinajstić information content (AvgIpc) is 3.27. The molecule has 0 atom stereocenters. The van der Waals surface area contributed by atoms with E-state index >= 15 is 0 Å². The molecule has 0 spiro atoms. The van der Waals surface area contributed by atoms with Crippen LogP contribution in [0.3, 0.4) is 0 Å². The van der Waals surface area contributed by atoms with E-state index in [2.05, 4.69) is 22.4 Å². The molecule has 0 fully saturated rings. The van der Waals surface area contributed by atoms with Crippen LogP contribution in [0.25, 0.3) is 38.6 Å². The molecule has 3 aromatic carbocycles. The molecule has 5 rings (SSSR count). The Morgan fingerprint density at radius 3 is 2.60 bits per heavy atom. The first-order valence-electron chi connectivity index (χ1n) is 11.6. The van der Waals surface area contributed by atoms with E-state index in [4.69, 9.17) is 9.15 Å². The first-order valence-corrected chi connectivity index (χ1v) is 11.6. The number of fused-ring (bicyclic) bond motifs is 2. The van der Waals surface area contributed by atoms with Gasteiger partial charge in [-0.3, -0.25) is 9.78 Å². The van der Waals surface area contributed by atoms with Gasteiger partial charge in [-0.05, 0) is 50.1 Å². The Hall–Kier alpha value is -4.38. The van der Waals surface area contributed by atoms with E-state index < -0.39 is 0 Å². The van der Waals surface area contributed by atoms with Crippen LogP contribution in [0.4, 0.5) is 5.69 Å². The summed E-state index contributed by atoms with van der Waals surface area (Å²) in [4.78, 5) is 17.6. The van der Waals surface area contributed by atoms with E-state index in [-0.39, 0.29) is 5.91 Å². The van der Waals surface area contributed by atoms with Crippen LogP contribution in [-0.4, -0.2) is 17.5 Å². The van der Waals surface area contributed by atoms with Gasteiger partial charge in [0.25, 0.3) is 0 Å². The van der Waals surface area contributed by atoms with Crippen LogP contribution in [0.1, 0.15) is 25.1 Å². The van der Waals surface area contributed by atoms with E-state index in [1.807, 2.05) is 81.4 Å². The van der Waals surface area contributed by atoms with Crippen molar-refractivity contribution in [3.8, 4) is 16.9 Å². The van der Waals surface area contributed by atoms with Gasteiger partial charge in [0.15, 0.2) is 0 Å². The van der Waals surface area contributed by atoms with Crippen LogP contribution in [0, 0.1) is 6.92 Å². The van der Waals surface area contributed by atoms with Crippen molar-refractivity contribution < 1.29 is 13.9 Å². The van der Waals surface area contributed by atoms with E-state index in [0.717, 1.165) is 55.5 Å². The number of para-hydroxylation sites is 1. The summed E-state index contributed by atoms with van der Waals surface area (Å²) in [5.41, 5.74) is 6.89. The molecule has 1 amide bonds. The number of nitrogens with one attached hydrogen (secondary N) is 1. The number of aryl methyl sites for hydroxylation is 1. The van der Waals surface area contributed by atoms with E-state index in [1.165, 1.54) is 0 Å². The predicted octanol–water partition coefficient (Wildman–Crippen LogP) is 7.40. The molecule has 1 N–H and O–H groups in total. The molecular weight excluding hydrogens is 436 g/mol. The van der Waals surface area contributed by atoms with Gasteiger partial charge in [0.2, 0.25) is 5.91 Å². The molecule has 0 aliphatic heterocycles. The van der Waals surface area contributed by atoms with Gasteiger partial charge in [-0.2, -0.15) is 0 Å². The molecule has 5 heteroatoms. The second kappa shape index (κ2) is 9.47. The number of rotatable bonds is 6. The van der Waals surface area contributed by atoms with Gasteiger partial charge in [0, 0.05) is 39.7 Å². The minimum absolute atomic E-state index is 0.212. The third-order valence-electron chi connectivity index (χ3n) is 5.93. The molecule has 5 aromatic rings. The van der Waals surface area contributed by atoms with Crippen LogP contribution >= 0.6 is 0 Å². The number of hydrogen-bond donors (Lipinski definition) is 1. The largest absolute Gasteiger partial charge is 0.493 e. The summed E-state index contributed by atoms with van der Waals surface area (Å²) in [5, 5.41) is 4.91. The zero-order chi connectivity index (χ0) is 24.4. The molecular formula is C30H26N2O3. The summed E-state index contributed by atoms with van der Waals surface area (Å²) in [5.74, 6) is 0.469. The molecule has 2 aromatic heterocycles. The molecule has 0 unspecified atom stereocenters. The monoisotopic (exact) mass is 462 g/mol. The number of pyridine rings is 1. The van der Waals surface area contributed by atoms with Gasteiger partial charge in [-0.25, -0.2) is 0 Å². The number of ether oxygens (including phenoxy) is 1. The van der Waals surface area contributed by atoms with Crippen LogP contribution < -0.4 is 10.1 Å². The standard InChI is InChI=1S/C30H26N2O3/c1-4-34-28-17-29-24(25(18-35-29)21-10-6-5-7-11-21)16-23(28)19(2)14-30(33)32-27-15-20(3)31-26-13-9-8-12-22(26)27/h5-18H,4H2,1-3H3,(H,31,32,33)/b19-14+. The number of nitrogens with zero attached hydrogens (tertiary/aromatic N) is 1. The van der Waals surface area contributed by atoms with Crippen LogP contribution in [0.5, 0.6) is 5.75 Å². The van der Waals surface area contributed by atoms with E-state index in [1.54, 1.807) is 12.3 Å². The normalized spacial score (nSPS) is 11.7. The summed E-state index contributed by atoms with van der Waals surface area (Å²) in [7, 11) is 0. The number of furan rings is 1. The summed E-state index contributed by atoms with van der Waals surface area (Å²) in [6, 6.07) is 23.7. The maximum Gasteiger partial charge on any atom is 0.248 e. The minimum atomic E-state index is -0.212. The zero-order valence-corrected chi connectivity index (χ0v) is 20.0. The zero-order valence-electron chi connectivity index (χ0n) is 20.0. The third kappa shape index (κ3) is 4.53. The number of carbonyl (C=O) groups excluding carboxylic acids is 1. The lowest BCUT2D eigenvalue weighted by molar-refractivity contribution is -0.111. The molecule has 0 radical (unpaired) electrons. The van der Waals surface area contributed by atoms with Crippen molar-refractivity contribution in [3.05, 3.63) is 96.4 Å². The lowest BCUT2D eigenvalue weighted by Crippen LogP contribution is -2.10. The highest BCUT2D eigenvalue weighted by Crippen LogP contribution is 2.37. The summed E-state index contributed by atoms with van der Waals surface area (Å²) < 4.78 is 11.8. The first kappa shape index (κ1) is 22.4. The second-order valence-corrected chi connectivity index (χ2v) is 8.44.